The standard InChI is InChI=1S/C12H14F2OS/c1-16-12-10(13)5-9(6-11(12)14)15-7-8-3-2-4-8/h5-6,8H,2-4,7H2,1H3. The largest absolute Gasteiger partial charge is 0.493 e. The van der Waals surface area contributed by atoms with E-state index < -0.39 is 11.6 Å². The first kappa shape index (κ1) is 11.7. The Hall–Kier alpha value is -0.770. The van der Waals surface area contributed by atoms with E-state index >= 15 is 0 Å². The Bertz CT molecular complexity index is 354. The second-order valence-electron chi connectivity index (χ2n) is 4.03. The molecule has 1 fully saturated rings. The zero-order valence-electron chi connectivity index (χ0n) is 9.13. The lowest BCUT2D eigenvalue weighted by atomic mass is 9.86. The van der Waals surface area contributed by atoms with Crippen LogP contribution in [0.5, 0.6) is 5.75 Å². The number of benzene rings is 1. The highest BCUT2D eigenvalue weighted by Crippen LogP contribution is 2.30. The maximum absolute atomic E-state index is 13.4. The summed E-state index contributed by atoms with van der Waals surface area (Å²) < 4.78 is 32.2. The minimum atomic E-state index is -0.545. The molecule has 1 aliphatic rings. The van der Waals surface area contributed by atoms with Crippen molar-refractivity contribution < 1.29 is 13.5 Å². The van der Waals surface area contributed by atoms with Crippen molar-refractivity contribution in [3.8, 4) is 5.75 Å². The van der Waals surface area contributed by atoms with Crippen molar-refractivity contribution in [1.29, 1.82) is 0 Å². The molecule has 1 aliphatic carbocycles. The van der Waals surface area contributed by atoms with E-state index in [1.807, 2.05) is 0 Å². The molecular formula is C12H14F2OS. The molecule has 0 amide bonds. The van der Waals surface area contributed by atoms with Crippen molar-refractivity contribution in [1.82, 2.24) is 0 Å². The van der Waals surface area contributed by atoms with Gasteiger partial charge in [-0.25, -0.2) is 8.78 Å². The van der Waals surface area contributed by atoms with Crippen LogP contribution in [0.3, 0.4) is 0 Å². The van der Waals surface area contributed by atoms with Crippen molar-refractivity contribution in [3.05, 3.63) is 23.8 Å². The molecule has 0 radical (unpaired) electrons. The third-order valence-corrected chi connectivity index (χ3v) is 3.68. The number of hydrogen-bond donors (Lipinski definition) is 0. The van der Waals surface area contributed by atoms with Gasteiger partial charge in [-0.2, -0.15) is 0 Å². The molecule has 2 rings (SSSR count). The van der Waals surface area contributed by atoms with E-state index in [-0.39, 0.29) is 4.90 Å². The average Bonchev–Trinajstić information content (AvgIpc) is 2.15. The van der Waals surface area contributed by atoms with Gasteiger partial charge in [0.05, 0.1) is 11.5 Å². The lowest BCUT2D eigenvalue weighted by Gasteiger charge is -2.25. The molecule has 0 aliphatic heterocycles. The number of ether oxygens (including phenoxy) is 1. The zero-order valence-corrected chi connectivity index (χ0v) is 9.95. The van der Waals surface area contributed by atoms with E-state index in [4.69, 9.17) is 4.74 Å². The fraction of sp³-hybridized carbons (Fsp3) is 0.500. The monoisotopic (exact) mass is 244 g/mol. The molecule has 0 unspecified atom stereocenters. The van der Waals surface area contributed by atoms with E-state index in [2.05, 4.69) is 0 Å². The van der Waals surface area contributed by atoms with Crippen LogP contribution in [0.2, 0.25) is 0 Å². The van der Waals surface area contributed by atoms with Crippen molar-refractivity contribution in [2.24, 2.45) is 5.92 Å². The Morgan fingerprint density at radius 2 is 1.94 bits per heavy atom. The van der Waals surface area contributed by atoms with Crippen LogP contribution in [-0.2, 0) is 0 Å². The summed E-state index contributed by atoms with van der Waals surface area (Å²) in [6.07, 6.45) is 5.21. The molecule has 4 heteroatoms. The maximum atomic E-state index is 13.4. The van der Waals surface area contributed by atoms with Gasteiger partial charge in [0.15, 0.2) is 0 Å². The van der Waals surface area contributed by atoms with Crippen LogP contribution in [0, 0.1) is 17.6 Å². The fourth-order valence-electron chi connectivity index (χ4n) is 1.69. The molecule has 0 saturated heterocycles. The normalized spacial score (nSPS) is 15.9. The predicted octanol–water partition coefficient (Wildman–Crippen LogP) is 3.87. The molecule has 1 nitrogen and oxygen atoms in total. The quantitative estimate of drug-likeness (QED) is 0.744. The van der Waals surface area contributed by atoms with Gasteiger partial charge in [0.2, 0.25) is 0 Å². The number of hydrogen-bond acceptors (Lipinski definition) is 2. The summed E-state index contributed by atoms with van der Waals surface area (Å²) in [5.74, 6) is -0.238. The molecule has 88 valence electrons. The van der Waals surface area contributed by atoms with Crippen LogP contribution in [0.25, 0.3) is 0 Å². The van der Waals surface area contributed by atoms with Gasteiger partial charge in [-0.1, -0.05) is 6.42 Å². The Balaban J connectivity index is 2.03. The van der Waals surface area contributed by atoms with Crippen LogP contribution >= 0.6 is 11.8 Å². The molecule has 0 heterocycles. The van der Waals surface area contributed by atoms with Crippen molar-refractivity contribution in [2.45, 2.75) is 24.2 Å². The van der Waals surface area contributed by atoms with Gasteiger partial charge in [0.1, 0.15) is 17.4 Å². The number of thioether (sulfide) groups is 1. The van der Waals surface area contributed by atoms with E-state index in [1.54, 1.807) is 6.26 Å². The average molecular weight is 244 g/mol. The number of halogens is 2. The third kappa shape index (κ3) is 2.48. The lowest BCUT2D eigenvalue weighted by Crippen LogP contribution is -2.19. The van der Waals surface area contributed by atoms with Gasteiger partial charge in [-0.05, 0) is 25.0 Å². The number of rotatable bonds is 4. The lowest BCUT2D eigenvalue weighted by molar-refractivity contribution is 0.179. The molecule has 1 aromatic rings. The molecule has 0 atom stereocenters. The highest BCUT2D eigenvalue weighted by atomic mass is 32.2. The molecule has 1 saturated carbocycles. The predicted molar refractivity (Wildman–Crippen MR) is 61.0 cm³/mol. The first-order valence-corrected chi connectivity index (χ1v) is 6.59. The van der Waals surface area contributed by atoms with Crippen molar-refractivity contribution >= 4 is 11.8 Å². The van der Waals surface area contributed by atoms with E-state index in [0.717, 1.165) is 24.6 Å². The van der Waals surface area contributed by atoms with Gasteiger partial charge in [-0.15, -0.1) is 11.8 Å². The van der Waals surface area contributed by atoms with Crippen LogP contribution in [0.4, 0.5) is 8.78 Å². The molecule has 0 spiro atoms. The van der Waals surface area contributed by atoms with Gasteiger partial charge in [0.25, 0.3) is 0 Å². The van der Waals surface area contributed by atoms with Crippen molar-refractivity contribution in [3.63, 3.8) is 0 Å². The van der Waals surface area contributed by atoms with Gasteiger partial charge in [-0.3, -0.25) is 0 Å². The summed E-state index contributed by atoms with van der Waals surface area (Å²) >= 11 is 1.07. The summed E-state index contributed by atoms with van der Waals surface area (Å²) in [5.41, 5.74) is 0. The molecule has 16 heavy (non-hydrogen) atoms. The summed E-state index contributed by atoms with van der Waals surface area (Å²) in [6.45, 7) is 0.567. The Morgan fingerprint density at radius 1 is 1.31 bits per heavy atom. The minimum absolute atomic E-state index is 0.0518. The van der Waals surface area contributed by atoms with Crippen LogP contribution < -0.4 is 4.74 Å². The van der Waals surface area contributed by atoms with Gasteiger partial charge in [0, 0.05) is 12.1 Å². The fourth-order valence-corrected chi connectivity index (χ4v) is 2.20. The first-order valence-electron chi connectivity index (χ1n) is 5.36. The highest BCUT2D eigenvalue weighted by Gasteiger charge is 2.18. The second kappa shape index (κ2) is 5.04. The first-order chi connectivity index (χ1) is 7.70. The SMILES string of the molecule is CSc1c(F)cc(OCC2CCC2)cc1F. The molecule has 0 bridgehead atoms. The zero-order chi connectivity index (χ0) is 11.5. The molecule has 0 N–H and O–H groups in total. The smallest absolute Gasteiger partial charge is 0.143 e. The van der Waals surface area contributed by atoms with Crippen LogP contribution in [0.1, 0.15) is 19.3 Å². The van der Waals surface area contributed by atoms with E-state index in [0.29, 0.717) is 18.3 Å². The third-order valence-electron chi connectivity index (χ3n) is 2.89. The van der Waals surface area contributed by atoms with Gasteiger partial charge >= 0.3 is 0 Å². The maximum Gasteiger partial charge on any atom is 0.143 e. The summed E-state index contributed by atoms with van der Waals surface area (Å²) in [4.78, 5) is 0.0518. The Labute approximate surface area is 98.2 Å². The van der Waals surface area contributed by atoms with E-state index in [1.165, 1.54) is 18.6 Å². The minimum Gasteiger partial charge on any atom is -0.493 e. The van der Waals surface area contributed by atoms with E-state index in [9.17, 15) is 8.78 Å². The summed E-state index contributed by atoms with van der Waals surface area (Å²) in [6, 6.07) is 2.52. The Kier molecular flexibility index (Phi) is 3.69. The van der Waals surface area contributed by atoms with Crippen LogP contribution in [-0.4, -0.2) is 12.9 Å². The topological polar surface area (TPSA) is 9.23 Å². The summed E-state index contributed by atoms with van der Waals surface area (Å²) in [7, 11) is 0. The van der Waals surface area contributed by atoms with Gasteiger partial charge < -0.3 is 4.74 Å². The van der Waals surface area contributed by atoms with Crippen LogP contribution in [0.15, 0.2) is 17.0 Å². The second-order valence-corrected chi connectivity index (χ2v) is 4.84. The summed E-state index contributed by atoms with van der Waals surface area (Å²) in [5, 5.41) is 0. The van der Waals surface area contributed by atoms with Crippen molar-refractivity contribution in [2.75, 3.05) is 12.9 Å². The highest BCUT2D eigenvalue weighted by molar-refractivity contribution is 7.98. The molecule has 0 aromatic heterocycles. The molecule has 1 aromatic carbocycles. The Morgan fingerprint density at radius 3 is 2.38 bits per heavy atom. The molecular weight excluding hydrogens is 230 g/mol.